The summed E-state index contributed by atoms with van der Waals surface area (Å²) >= 11 is 0. The quantitative estimate of drug-likeness (QED) is 0.594. The Balaban J connectivity index is 1.48. The number of hydrogen-bond acceptors (Lipinski definition) is 3. The summed E-state index contributed by atoms with van der Waals surface area (Å²) in [6.07, 6.45) is 5.91. The van der Waals surface area contributed by atoms with Crippen molar-refractivity contribution in [3.05, 3.63) is 42.4 Å². The van der Waals surface area contributed by atoms with E-state index in [0.29, 0.717) is 11.6 Å². The van der Waals surface area contributed by atoms with Crippen molar-refractivity contribution in [3.8, 4) is 11.1 Å². The van der Waals surface area contributed by atoms with Crippen LogP contribution in [-0.2, 0) is 0 Å². The van der Waals surface area contributed by atoms with E-state index in [1.807, 2.05) is 24.4 Å². The van der Waals surface area contributed by atoms with Crippen LogP contribution in [0.25, 0.3) is 22.0 Å². The minimum absolute atomic E-state index is 0.0328. The van der Waals surface area contributed by atoms with Gasteiger partial charge in [0.25, 0.3) is 5.91 Å². The van der Waals surface area contributed by atoms with Gasteiger partial charge in [-0.05, 0) is 55.6 Å². The van der Waals surface area contributed by atoms with Gasteiger partial charge >= 0.3 is 0 Å². The number of fused-ring (bicyclic) bond motifs is 1. The summed E-state index contributed by atoms with van der Waals surface area (Å²) in [5, 5.41) is 14.2. The lowest BCUT2D eigenvalue weighted by Crippen LogP contribution is -2.36. The number of carbonyl (C=O) groups excluding carboxylic acids is 1. The van der Waals surface area contributed by atoms with Gasteiger partial charge in [0, 0.05) is 29.2 Å². The van der Waals surface area contributed by atoms with Crippen molar-refractivity contribution in [2.24, 2.45) is 5.92 Å². The summed E-state index contributed by atoms with van der Waals surface area (Å²) in [6, 6.07) is 8.01. The number of rotatable bonds is 4. The first-order valence-electron chi connectivity index (χ1n) is 8.40. The van der Waals surface area contributed by atoms with Crippen LogP contribution in [0.2, 0.25) is 0 Å². The highest BCUT2D eigenvalue weighted by molar-refractivity contribution is 5.98. The van der Waals surface area contributed by atoms with Crippen molar-refractivity contribution >= 4 is 16.8 Å². The number of carbonyl (C=O) groups is 1. The molecule has 6 nitrogen and oxygen atoms in total. The fourth-order valence-corrected chi connectivity index (χ4v) is 3.26. The topological polar surface area (TPSA) is 85.6 Å². The number of nitrogens with zero attached hydrogens (tertiary/aromatic N) is 1. The van der Waals surface area contributed by atoms with Gasteiger partial charge in [-0.2, -0.15) is 5.10 Å². The summed E-state index contributed by atoms with van der Waals surface area (Å²) in [5.41, 5.74) is 3.70. The van der Waals surface area contributed by atoms with Crippen LogP contribution in [0.5, 0.6) is 0 Å². The Morgan fingerprint density at radius 1 is 1.21 bits per heavy atom. The average molecular weight is 323 g/mol. The summed E-state index contributed by atoms with van der Waals surface area (Å²) in [7, 11) is 0. The van der Waals surface area contributed by atoms with Crippen molar-refractivity contribution in [3.63, 3.8) is 0 Å². The van der Waals surface area contributed by atoms with E-state index in [4.69, 9.17) is 0 Å². The minimum atomic E-state index is -0.0328. The van der Waals surface area contributed by atoms with Gasteiger partial charge in [0.05, 0.1) is 6.20 Å². The molecule has 2 aromatic heterocycles. The number of aromatic nitrogens is 3. The molecule has 0 aliphatic carbocycles. The van der Waals surface area contributed by atoms with Crippen LogP contribution in [0.4, 0.5) is 0 Å². The number of H-pyrrole nitrogens is 2. The van der Waals surface area contributed by atoms with Gasteiger partial charge in [0.2, 0.25) is 0 Å². The van der Waals surface area contributed by atoms with Crippen LogP contribution in [0.1, 0.15) is 23.3 Å². The lowest BCUT2D eigenvalue weighted by molar-refractivity contribution is 0.0940. The van der Waals surface area contributed by atoms with Crippen LogP contribution >= 0.6 is 0 Å². The molecule has 0 spiro atoms. The van der Waals surface area contributed by atoms with E-state index in [1.165, 1.54) is 0 Å². The van der Waals surface area contributed by atoms with Crippen molar-refractivity contribution in [1.82, 2.24) is 25.8 Å². The van der Waals surface area contributed by atoms with Gasteiger partial charge in [-0.3, -0.25) is 9.89 Å². The van der Waals surface area contributed by atoms with E-state index in [2.05, 4.69) is 31.9 Å². The molecule has 124 valence electrons. The van der Waals surface area contributed by atoms with Crippen LogP contribution in [0.15, 0.2) is 36.7 Å². The second-order valence-corrected chi connectivity index (χ2v) is 6.38. The van der Waals surface area contributed by atoms with E-state index in [9.17, 15) is 4.79 Å². The molecule has 1 aliphatic heterocycles. The molecular formula is C18H21N5O. The molecule has 1 aliphatic rings. The molecule has 0 unspecified atom stereocenters. The Kier molecular flexibility index (Phi) is 4.04. The standard InChI is InChI=1S/C18H21N5O/c24-18(20-9-12-3-5-19-6-4-12)17-8-14-7-13(1-2-16(14)23-17)15-10-21-22-11-15/h1-2,7-8,10-12,19,23H,3-6,9H2,(H,20,24)(H,21,22). The maximum Gasteiger partial charge on any atom is 0.267 e. The molecule has 0 atom stereocenters. The normalized spacial score (nSPS) is 15.7. The summed E-state index contributed by atoms with van der Waals surface area (Å²) in [6.45, 7) is 2.84. The van der Waals surface area contributed by atoms with Crippen molar-refractivity contribution in [1.29, 1.82) is 0 Å². The molecule has 4 rings (SSSR count). The van der Waals surface area contributed by atoms with E-state index in [1.54, 1.807) is 6.20 Å². The van der Waals surface area contributed by atoms with Crippen molar-refractivity contribution in [2.45, 2.75) is 12.8 Å². The number of nitrogens with one attached hydrogen (secondary N) is 4. The van der Waals surface area contributed by atoms with Gasteiger partial charge < -0.3 is 15.6 Å². The fraction of sp³-hybridized carbons (Fsp3) is 0.333. The lowest BCUT2D eigenvalue weighted by atomic mass is 9.98. The Bertz CT molecular complexity index is 830. The number of aromatic amines is 2. The highest BCUT2D eigenvalue weighted by Gasteiger charge is 2.15. The van der Waals surface area contributed by atoms with Crippen LogP contribution < -0.4 is 10.6 Å². The maximum atomic E-state index is 12.4. The summed E-state index contributed by atoms with van der Waals surface area (Å²) in [4.78, 5) is 15.6. The van der Waals surface area contributed by atoms with Gasteiger partial charge in [-0.1, -0.05) is 6.07 Å². The number of hydrogen-bond donors (Lipinski definition) is 4. The van der Waals surface area contributed by atoms with Gasteiger partial charge in [-0.15, -0.1) is 0 Å². The molecule has 1 fully saturated rings. The van der Waals surface area contributed by atoms with Gasteiger partial charge in [0.1, 0.15) is 5.69 Å². The Morgan fingerprint density at radius 2 is 2.08 bits per heavy atom. The molecule has 24 heavy (non-hydrogen) atoms. The zero-order valence-electron chi connectivity index (χ0n) is 13.4. The van der Waals surface area contributed by atoms with Crippen molar-refractivity contribution in [2.75, 3.05) is 19.6 Å². The molecule has 1 saturated heterocycles. The molecule has 1 aromatic carbocycles. The predicted molar refractivity (Wildman–Crippen MR) is 93.8 cm³/mol. The zero-order chi connectivity index (χ0) is 16.4. The molecule has 3 aromatic rings. The predicted octanol–water partition coefficient (Wildman–Crippen LogP) is 2.29. The first-order chi connectivity index (χ1) is 11.8. The third-order valence-electron chi connectivity index (χ3n) is 4.71. The van der Waals surface area contributed by atoms with E-state index in [0.717, 1.165) is 54.5 Å². The second-order valence-electron chi connectivity index (χ2n) is 6.38. The maximum absolute atomic E-state index is 12.4. The molecule has 0 saturated carbocycles. The highest BCUT2D eigenvalue weighted by Crippen LogP contribution is 2.24. The molecule has 3 heterocycles. The third-order valence-corrected chi connectivity index (χ3v) is 4.71. The highest BCUT2D eigenvalue weighted by atomic mass is 16.1. The number of amides is 1. The fourth-order valence-electron chi connectivity index (χ4n) is 3.26. The molecule has 0 bridgehead atoms. The first kappa shape index (κ1) is 15.0. The van der Waals surface area contributed by atoms with Crippen LogP contribution in [0.3, 0.4) is 0 Å². The number of piperidine rings is 1. The monoisotopic (exact) mass is 323 g/mol. The van der Waals surface area contributed by atoms with Gasteiger partial charge in [0.15, 0.2) is 0 Å². The molecule has 1 amide bonds. The Hall–Kier alpha value is -2.60. The third kappa shape index (κ3) is 3.05. The molecule has 0 radical (unpaired) electrons. The Labute approximate surface area is 140 Å². The molecule has 4 N–H and O–H groups in total. The Morgan fingerprint density at radius 3 is 2.88 bits per heavy atom. The van der Waals surface area contributed by atoms with E-state index < -0.39 is 0 Å². The zero-order valence-corrected chi connectivity index (χ0v) is 13.4. The van der Waals surface area contributed by atoms with Crippen LogP contribution in [0, 0.1) is 5.92 Å². The summed E-state index contributed by atoms with van der Waals surface area (Å²) < 4.78 is 0. The minimum Gasteiger partial charge on any atom is -0.351 e. The van der Waals surface area contributed by atoms with E-state index in [-0.39, 0.29) is 5.91 Å². The largest absolute Gasteiger partial charge is 0.351 e. The lowest BCUT2D eigenvalue weighted by Gasteiger charge is -2.22. The number of benzene rings is 1. The van der Waals surface area contributed by atoms with Crippen LogP contribution in [-0.4, -0.2) is 40.7 Å². The molecule has 6 heteroatoms. The van der Waals surface area contributed by atoms with Gasteiger partial charge in [-0.25, -0.2) is 0 Å². The molecular weight excluding hydrogens is 302 g/mol. The average Bonchev–Trinajstić information content (AvgIpc) is 3.29. The SMILES string of the molecule is O=C(NCC1CCNCC1)c1cc2cc(-c3cn[nH]c3)ccc2[nH]1. The summed E-state index contributed by atoms with van der Waals surface area (Å²) in [5.74, 6) is 0.543. The first-order valence-corrected chi connectivity index (χ1v) is 8.40. The van der Waals surface area contributed by atoms with E-state index >= 15 is 0 Å². The van der Waals surface area contributed by atoms with Crippen molar-refractivity contribution < 1.29 is 4.79 Å². The smallest absolute Gasteiger partial charge is 0.267 e. The second kappa shape index (κ2) is 6.49.